The number of fused-ring (bicyclic) bond motifs is 2. The van der Waals surface area contributed by atoms with Crippen molar-refractivity contribution in [3.05, 3.63) is 65.8 Å². The summed E-state index contributed by atoms with van der Waals surface area (Å²) in [7, 11) is 1.75. The number of aliphatic hydroxyl groups is 1. The maximum absolute atomic E-state index is 12.2. The minimum atomic E-state index is -0.599. The molecule has 2 aromatic carbocycles. The summed E-state index contributed by atoms with van der Waals surface area (Å²) in [6, 6.07) is 16.5. The molecule has 29 heavy (non-hydrogen) atoms. The second-order valence-electron chi connectivity index (χ2n) is 6.38. The molecule has 0 amide bonds. The number of allylic oxidation sites excluding steroid dienone is 1. The molecule has 0 saturated carbocycles. The Morgan fingerprint density at radius 2 is 2.00 bits per heavy atom. The smallest absolute Gasteiger partial charge is 0.312 e. The monoisotopic (exact) mass is 388 g/mol. The number of benzene rings is 2. The second kappa shape index (κ2) is 7.48. The van der Waals surface area contributed by atoms with E-state index >= 15 is 0 Å². The standard InChI is InChI=1S/C21H16N4O4/c1-25-17-8-4-3-7-15(17)23-21(25)14(11-22)18(26)12-28-20(27)10-16-13-6-2-5-9-19(13)29-24-16/h2-9,26H,10,12H2,1H3/b18-14-. The predicted molar refractivity (Wildman–Crippen MR) is 105 cm³/mol. The van der Waals surface area contributed by atoms with Gasteiger partial charge in [0, 0.05) is 12.4 Å². The van der Waals surface area contributed by atoms with Crippen LogP contribution < -0.4 is 0 Å². The molecule has 0 atom stereocenters. The number of aryl methyl sites for hydroxylation is 1. The predicted octanol–water partition coefficient (Wildman–Crippen LogP) is 3.29. The zero-order valence-electron chi connectivity index (χ0n) is 15.5. The van der Waals surface area contributed by atoms with Crippen LogP contribution in [0.3, 0.4) is 0 Å². The first-order chi connectivity index (χ1) is 14.1. The highest BCUT2D eigenvalue weighted by Gasteiger charge is 2.18. The van der Waals surface area contributed by atoms with Crippen molar-refractivity contribution in [1.29, 1.82) is 5.26 Å². The lowest BCUT2D eigenvalue weighted by Crippen LogP contribution is -2.12. The molecule has 0 spiro atoms. The SMILES string of the molecule is Cn1c(/C(C#N)=C(\O)COC(=O)Cc2noc3ccccc23)nc2ccccc21. The number of hydrogen-bond donors (Lipinski definition) is 1. The van der Waals surface area contributed by atoms with Gasteiger partial charge in [0.1, 0.15) is 23.9 Å². The molecule has 2 heterocycles. The van der Waals surface area contributed by atoms with Crippen molar-refractivity contribution in [2.45, 2.75) is 6.42 Å². The normalized spacial score (nSPS) is 12.0. The van der Waals surface area contributed by atoms with Gasteiger partial charge in [0.25, 0.3) is 0 Å². The zero-order valence-corrected chi connectivity index (χ0v) is 15.5. The molecule has 0 aliphatic heterocycles. The Morgan fingerprint density at radius 3 is 2.79 bits per heavy atom. The van der Waals surface area contributed by atoms with Crippen LogP contribution in [0.4, 0.5) is 0 Å². The number of hydrogen-bond acceptors (Lipinski definition) is 7. The minimum Gasteiger partial charge on any atom is -0.507 e. The number of imidazole rings is 1. The molecule has 2 aromatic heterocycles. The summed E-state index contributed by atoms with van der Waals surface area (Å²) in [6.45, 7) is -0.444. The molecule has 0 aliphatic carbocycles. The number of aromatic nitrogens is 3. The van der Waals surface area contributed by atoms with Crippen LogP contribution in [0.2, 0.25) is 0 Å². The van der Waals surface area contributed by atoms with Crippen LogP contribution in [0.1, 0.15) is 11.5 Å². The van der Waals surface area contributed by atoms with E-state index in [1.54, 1.807) is 23.7 Å². The Bertz CT molecular complexity index is 1290. The fourth-order valence-electron chi connectivity index (χ4n) is 3.09. The van der Waals surface area contributed by atoms with Gasteiger partial charge in [-0.3, -0.25) is 4.79 Å². The number of rotatable bonds is 5. The van der Waals surface area contributed by atoms with Gasteiger partial charge in [0.05, 0.1) is 17.5 Å². The van der Waals surface area contributed by atoms with Gasteiger partial charge in [-0.25, -0.2) is 4.98 Å². The molecule has 0 radical (unpaired) electrons. The van der Waals surface area contributed by atoms with Gasteiger partial charge in [-0.1, -0.05) is 29.4 Å². The molecule has 4 rings (SSSR count). The van der Waals surface area contributed by atoms with Crippen LogP contribution in [0.5, 0.6) is 0 Å². The second-order valence-corrected chi connectivity index (χ2v) is 6.38. The summed E-state index contributed by atoms with van der Waals surface area (Å²) in [5, 5.41) is 24.5. The molecule has 4 aromatic rings. The van der Waals surface area contributed by atoms with E-state index < -0.39 is 12.6 Å². The van der Waals surface area contributed by atoms with Crippen LogP contribution in [0.15, 0.2) is 58.8 Å². The lowest BCUT2D eigenvalue weighted by atomic mass is 10.2. The Morgan fingerprint density at radius 1 is 1.24 bits per heavy atom. The Labute approximate surface area is 165 Å². The molecule has 0 unspecified atom stereocenters. The first-order valence-corrected chi connectivity index (χ1v) is 8.81. The van der Waals surface area contributed by atoms with Crippen LogP contribution in [-0.4, -0.2) is 32.4 Å². The molecular formula is C21H16N4O4. The van der Waals surface area contributed by atoms with Crippen LogP contribution in [0.25, 0.3) is 27.6 Å². The van der Waals surface area contributed by atoms with Gasteiger partial charge in [-0.05, 0) is 24.3 Å². The molecule has 0 bridgehead atoms. The van der Waals surface area contributed by atoms with Gasteiger partial charge in [0.2, 0.25) is 0 Å². The van der Waals surface area contributed by atoms with Crippen molar-refractivity contribution in [3.8, 4) is 6.07 Å². The summed E-state index contributed by atoms with van der Waals surface area (Å²) < 4.78 is 12.0. The summed E-state index contributed by atoms with van der Waals surface area (Å²) in [4.78, 5) is 16.6. The first kappa shape index (κ1) is 18.3. The van der Waals surface area contributed by atoms with Crippen molar-refractivity contribution in [3.63, 3.8) is 0 Å². The average molecular weight is 388 g/mol. The van der Waals surface area contributed by atoms with E-state index in [1.807, 2.05) is 42.5 Å². The molecule has 0 saturated heterocycles. The van der Waals surface area contributed by atoms with E-state index in [0.29, 0.717) is 22.6 Å². The average Bonchev–Trinajstić information content (AvgIpc) is 3.29. The fourth-order valence-corrected chi connectivity index (χ4v) is 3.09. The first-order valence-electron chi connectivity index (χ1n) is 8.81. The number of aliphatic hydroxyl groups excluding tert-OH is 1. The van der Waals surface area contributed by atoms with E-state index in [4.69, 9.17) is 9.26 Å². The van der Waals surface area contributed by atoms with Gasteiger partial charge in [-0.15, -0.1) is 0 Å². The number of para-hydroxylation sites is 3. The van der Waals surface area contributed by atoms with Crippen molar-refractivity contribution in [2.24, 2.45) is 7.05 Å². The van der Waals surface area contributed by atoms with Crippen LogP contribution in [0, 0.1) is 11.3 Å². The van der Waals surface area contributed by atoms with E-state index in [1.165, 1.54) is 0 Å². The number of nitrogens with zero attached hydrogens (tertiary/aromatic N) is 4. The summed E-state index contributed by atoms with van der Waals surface area (Å²) >= 11 is 0. The number of carbonyl (C=O) groups excluding carboxylic acids is 1. The highest BCUT2D eigenvalue weighted by Crippen LogP contribution is 2.22. The summed E-state index contributed by atoms with van der Waals surface area (Å²) in [6.07, 6.45) is -0.113. The number of carbonyl (C=O) groups is 1. The summed E-state index contributed by atoms with van der Waals surface area (Å²) in [5.41, 5.74) is 2.48. The molecular weight excluding hydrogens is 372 g/mol. The van der Waals surface area contributed by atoms with Crippen molar-refractivity contribution < 1.29 is 19.2 Å². The van der Waals surface area contributed by atoms with Crippen molar-refractivity contribution >= 4 is 33.5 Å². The van der Waals surface area contributed by atoms with E-state index in [0.717, 1.165) is 10.9 Å². The Kier molecular flexibility index (Phi) is 4.71. The van der Waals surface area contributed by atoms with Gasteiger partial charge < -0.3 is 18.9 Å². The third-order valence-corrected chi connectivity index (χ3v) is 4.54. The van der Waals surface area contributed by atoms with E-state index in [-0.39, 0.29) is 17.8 Å². The largest absolute Gasteiger partial charge is 0.507 e. The van der Waals surface area contributed by atoms with Crippen molar-refractivity contribution in [2.75, 3.05) is 6.61 Å². The fraction of sp³-hybridized carbons (Fsp3) is 0.143. The third kappa shape index (κ3) is 3.41. The quantitative estimate of drug-likeness (QED) is 0.317. The van der Waals surface area contributed by atoms with Crippen LogP contribution >= 0.6 is 0 Å². The van der Waals surface area contributed by atoms with Crippen molar-refractivity contribution in [1.82, 2.24) is 14.7 Å². The third-order valence-electron chi connectivity index (χ3n) is 4.54. The van der Waals surface area contributed by atoms with Gasteiger partial charge >= 0.3 is 5.97 Å². The Hall–Kier alpha value is -4.12. The number of ether oxygens (including phenoxy) is 1. The van der Waals surface area contributed by atoms with Gasteiger partial charge in [0.15, 0.2) is 17.2 Å². The number of esters is 1. The maximum Gasteiger partial charge on any atom is 0.312 e. The Balaban J connectivity index is 1.51. The topological polar surface area (TPSA) is 114 Å². The lowest BCUT2D eigenvalue weighted by molar-refractivity contribution is -0.142. The number of nitriles is 1. The molecule has 8 heteroatoms. The van der Waals surface area contributed by atoms with Gasteiger partial charge in [-0.2, -0.15) is 5.26 Å². The summed E-state index contributed by atoms with van der Waals surface area (Å²) in [5.74, 6) is -0.674. The zero-order chi connectivity index (χ0) is 20.4. The molecule has 0 fully saturated rings. The van der Waals surface area contributed by atoms with E-state index in [9.17, 15) is 15.2 Å². The minimum absolute atomic E-state index is 0.0524. The molecule has 8 nitrogen and oxygen atoms in total. The lowest BCUT2D eigenvalue weighted by Gasteiger charge is -2.06. The van der Waals surface area contributed by atoms with E-state index in [2.05, 4.69) is 10.1 Å². The highest BCUT2D eigenvalue weighted by molar-refractivity contribution is 5.85. The molecule has 0 aliphatic rings. The molecule has 1 N–H and O–H groups in total. The molecule has 144 valence electrons. The van der Waals surface area contributed by atoms with Crippen LogP contribution in [-0.2, 0) is 23.0 Å². The highest BCUT2D eigenvalue weighted by atomic mass is 16.5. The maximum atomic E-state index is 12.2.